The van der Waals surface area contributed by atoms with E-state index < -0.39 is 17.2 Å². The Balaban J connectivity index is 2.34. The fourth-order valence-corrected chi connectivity index (χ4v) is 2.63. The first-order chi connectivity index (χ1) is 9.73. The van der Waals surface area contributed by atoms with Crippen LogP contribution in [0, 0.1) is 0 Å². The molecule has 0 unspecified atom stereocenters. The number of aliphatic hydroxyl groups is 1. The van der Waals surface area contributed by atoms with Crippen molar-refractivity contribution in [1.82, 2.24) is 0 Å². The molecule has 1 aliphatic rings. The Morgan fingerprint density at radius 2 is 2.05 bits per heavy atom. The minimum absolute atomic E-state index is 0.249. The van der Waals surface area contributed by atoms with Crippen molar-refractivity contribution in [1.29, 1.82) is 0 Å². The van der Waals surface area contributed by atoms with E-state index in [1.54, 1.807) is 25.1 Å². The molecule has 0 aromatic heterocycles. The monoisotopic (exact) mass is 369 g/mol. The molecule has 1 atom stereocenters. The number of hydrogen-bond donors (Lipinski definition) is 2. The smallest absolute Gasteiger partial charge is 0.203 e. The SMILES string of the molecule is CC1=CC(=O)[C@@](C)(O)C(=O)/C1=C\Nc1ccc(Br)cc1Cl. The molecular weight excluding hydrogens is 358 g/mol. The van der Waals surface area contributed by atoms with E-state index in [2.05, 4.69) is 21.2 Å². The molecule has 0 bridgehead atoms. The summed E-state index contributed by atoms with van der Waals surface area (Å²) in [5.74, 6) is -1.24. The zero-order chi connectivity index (χ0) is 15.8. The lowest BCUT2D eigenvalue weighted by molar-refractivity contribution is -0.144. The molecule has 1 aromatic carbocycles. The molecule has 6 heteroatoms. The molecule has 1 aliphatic carbocycles. The fourth-order valence-electron chi connectivity index (χ4n) is 1.90. The topological polar surface area (TPSA) is 66.4 Å². The molecule has 0 heterocycles. The van der Waals surface area contributed by atoms with Crippen LogP contribution in [0.3, 0.4) is 0 Å². The van der Waals surface area contributed by atoms with Crippen LogP contribution in [0.25, 0.3) is 0 Å². The third-order valence-electron chi connectivity index (χ3n) is 3.24. The van der Waals surface area contributed by atoms with Gasteiger partial charge in [0.15, 0.2) is 11.4 Å². The van der Waals surface area contributed by atoms with E-state index in [9.17, 15) is 14.7 Å². The van der Waals surface area contributed by atoms with Crippen LogP contribution < -0.4 is 5.32 Å². The highest BCUT2D eigenvalue weighted by Gasteiger charge is 2.42. The third kappa shape index (κ3) is 3.10. The highest BCUT2D eigenvalue weighted by atomic mass is 79.9. The Hall–Kier alpha value is -1.43. The quantitative estimate of drug-likeness (QED) is 0.619. The molecular formula is C15H13BrClNO3. The summed E-state index contributed by atoms with van der Waals surface area (Å²) < 4.78 is 0.837. The molecule has 4 nitrogen and oxygen atoms in total. The Morgan fingerprint density at radius 3 is 2.67 bits per heavy atom. The summed E-state index contributed by atoms with van der Waals surface area (Å²) in [7, 11) is 0. The number of Topliss-reactive ketones (excluding diaryl/α,β-unsaturated/α-hetero) is 1. The number of carbonyl (C=O) groups excluding carboxylic acids is 2. The Kier molecular flexibility index (Phi) is 4.37. The highest BCUT2D eigenvalue weighted by molar-refractivity contribution is 9.10. The van der Waals surface area contributed by atoms with Crippen molar-refractivity contribution in [2.75, 3.05) is 5.32 Å². The molecule has 0 radical (unpaired) electrons. The van der Waals surface area contributed by atoms with Crippen LogP contribution in [0.4, 0.5) is 5.69 Å². The third-order valence-corrected chi connectivity index (χ3v) is 4.05. The second-order valence-corrected chi connectivity index (χ2v) is 6.24. The van der Waals surface area contributed by atoms with Gasteiger partial charge in [-0.25, -0.2) is 0 Å². The fraction of sp³-hybridized carbons (Fsp3) is 0.200. The standard InChI is InChI=1S/C15H13BrClNO3/c1-8-5-13(19)15(2,21)14(20)10(8)7-18-12-4-3-9(16)6-11(12)17/h3-7,18,21H,1-2H3/b10-7-/t15-/m1/s1. The number of benzene rings is 1. The number of nitrogens with one attached hydrogen (secondary N) is 1. The van der Waals surface area contributed by atoms with Crippen molar-refractivity contribution in [2.24, 2.45) is 0 Å². The molecule has 0 fully saturated rings. The molecule has 0 saturated heterocycles. The Labute approximate surface area is 135 Å². The molecule has 21 heavy (non-hydrogen) atoms. The molecule has 0 saturated carbocycles. The van der Waals surface area contributed by atoms with Crippen LogP contribution in [0.5, 0.6) is 0 Å². The molecule has 2 rings (SSSR count). The summed E-state index contributed by atoms with van der Waals surface area (Å²) in [6.07, 6.45) is 2.71. The lowest BCUT2D eigenvalue weighted by atomic mass is 9.82. The first-order valence-corrected chi connectivity index (χ1v) is 7.32. The van der Waals surface area contributed by atoms with Crippen LogP contribution in [0.2, 0.25) is 5.02 Å². The van der Waals surface area contributed by atoms with E-state index in [0.29, 0.717) is 16.3 Å². The summed E-state index contributed by atoms with van der Waals surface area (Å²) in [6, 6.07) is 5.27. The largest absolute Gasteiger partial charge is 0.374 e. The van der Waals surface area contributed by atoms with E-state index in [1.807, 2.05) is 0 Å². The van der Waals surface area contributed by atoms with Crippen molar-refractivity contribution in [3.05, 3.63) is 51.1 Å². The lowest BCUT2D eigenvalue weighted by Crippen LogP contribution is -2.46. The normalized spacial score (nSPS) is 24.2. The van der Waals surface area contributed by atoms with Gasteiger partial charge in [0.25, 0.3) is 0 Å². The van der Waals surface area contributed by atoms with Gasteiger partial charge in [-0.3, -0.25) is 9.59 Å². The zero-order valence-electron chi connectivity index (χ0n) is 11.4. The van der Waals surface area contributed by atoms with Crippen LogP contribution in [0.15, 0.2) is 46.1 Å². The van der Waals surface area contributed by atoms with Crippen molar-refractivity contribution in [2.45, 2.75) is 19.4 Å². The summed E-state index contributed by atoms with van der Waals surface area (Å²) in [6.45, 7) is 2.84. The predicted molar refractivity (Wildman–Crippen MR) is 85.3 cm³/mol. The van der Waals surface area contributed by atoms with Gasteiger partial charge in [0.2, 0.25) is 5.78 Å². The van der Waals surface area contributed by atoms with Crippen LogP contribution in [-0.2, 0) is 9.59 Å². The molecule has 0 spiro atoms. The van der Waals surface area contributed by atoms with Gasteiger partial charge in [-0.05, 0) is 43.7 Å². The Morgan fingerprint density at radius 1 is 1.38 bits per heavy atom. The van der Waals surface area contributed by atoms with Crippen LogP contribution in [-0.4, -0.2) is 22.3 Å². The maximum absolute atomic E-state index is 12.2. The van der Waals surface area contributed by atoms with Gasteiger partial charge >= 0.3 is 0 Å². The van der Waals surface area contributed by atoms with Gasteiger partial charge in [0.1, 0.15) is 0 Å². The maximum Gasteiger partial charge on any atom is 0.203 e. The number of anilines is 1. The summed E-state index contributed by atoms with van der Waals surface area (Å²) in [4.78, 5) is 23.8. The van der Waals surface area contributed by atoms with Crippen LogP contribution in [0.1, 0.15) is 13.8 Å². The number of hydrogen-bond acceptors (Lipinski definition) is 4. The summed E-state index contributed by atoms with van der Waals surface area (Å²) in [5.41, 5.74) is -0.656. The maximum atomic E-state index is 12.2. The average Bonchev–Trinajstić information content (AvgIpc) is 2.39. The number of halogens is 2. The van der Waals surface area contributed by atoms with E-state index >= 15 is 0 Å². The van der Waals surface area contributed by atoms with Gasteiger partial charge in [0, 0.05) is 16.2 Å². The lowest BCUT2D eigenvalue weighted by Gasteiger charge is -2.25. The highest BCUT2D eigenvalue weighted by Crippen LogP contribution is 2.28. The average molecular weight is 371 g/mol. The van der Waals surface area contributed by atoms with Crippen molar-refractivity contribution in [3.8, 4) is 0 Å². The second kappa shape index (κ2) is 5.75. The van der Waals surface area contributed by atoms with Crippen molar-refractivity contribution < 1.29 is 14.7 Å². The number of ketones is 2. The van der Waals surface area contributed by atoms with Crippen molar-refractivity contribution in [3.63, 3.8) is 0 Å². The minimum atomic E-state index is -2.02. The first-order valence-electron chi connectivity index (χ1n) is 6.15. The molecule has 2 N–H and O–H groups in total. The van der Waals surface area contributed by atoms with Gasteiger partial charge < -0.3 is 10.4 Å². The minimum Gasteiger partial charge on any atom is -0.374 e. The molecule has 0 aliphatic heterocycles. The van der Waals surface area contributed by atoms with Gasteiger partial charge in [-0.1, -0.05) is 27.5 Å². The zero-order valence-corrected chi connectivity index (χ0v) is 13.7. The van der Waals surface area contributed by atoms with E-state index in [0.717, 1.165) is 4.47 Å². The van der Waals surface area contributed by atoms with E-state index in [4.69, 9.17) is 11.6 Å². The Bertz CT molecular complexity index is 692. The van der Waals surface area contributed by atoms with Crippen molar-refractivity contribution >= 4 is 44.8 Å². The predicted octanol–water partition coefficient (Wildman–Crippen LogP) is 3.25. The molecule has 1 aromatic rings. The van der Waals surface area contributed by atoms with E-state index in [-0.39, 0.29) is 5.57 Å². The first kappa shape index (κ1) is 15.9. The van der Waals surface area contributed by atoms with E-state index in [1.165, 1.54) is 19.2 Å². The van der Waals surface area contributed by atoms with Crippen LogP contribution >= 0.6 is 27.5 Å². The summed E-state index contributed by atoms with van der Waals surface area (Å²) >= 11 is 9.38. The number of carbonyl (C=O) groups is 2. The second-order valence-electron chi connectivity index (χ2n) is 4.92. The molecule has 0 amide bonds. The summed E-state index contributed by atoms with van der Waals surface area (Å²) in [5, 5.41) is 13.3. The van der Waals surface area contributed by atoms with Gasteiger partial charge in [0.05, 0.1) is 10.7 Å². The number of allylic oxidation sites excluding steroid dienone is 1. The van der Waals surface area contributed by atoms with Gasteiger partial charge in [-0.15, -0.1) is 0 Å². The molecule has 110 valence electrons. The van der Waals surface area contributed by atoms with Gasteiger partial charge in [-0.2, -0.15) is 0 Å². The number of rotatable bonds is 2.